The fourth-order valence-corrected chi connectivity index (χ4v) is 3.53. The molecule has 0 radical (unpaired) electrons. The highest BCUT2D eigenvalue weighted by Crippen LogP contribution is 2.17. The van der Waals surface area contributed by atoms with Crippen molar-refractivity contribution in [3.05, 3.63) is 41.2 Å². The van der Waals surface area contributed by atoms with E-state index < -0.39 is 20.9 Å². The number of carbonyl (C=O) groups excluding carboxylic acids is 1. The van der Waals surface area contributed by atoms with E-state index in [4.69, 9.17) is 4.74 Å². The third kappa shape index (κ3) is 5.08. The number of nitrogens with one attached hydrogen (secondary N) is 1. The van der Waals surface area contributed by atoms with Crippen molar-refractivity contribution in [3.63, 3.8) is 0 Å². The smallest absolute Gasteiger partial charge is 0.278 e. The molecule has 1 aliphatic rings. The molecular weight excluding hydrogens is 395 g/mol. The van der Waals surface area contributed by atoms with Crippen LogP contribution in [0.15, 0.2) is 40.5 Å². The second kappa shape index (κ2) is 8.11. The Hall–Kier alpha value is -2.37. The van der Waals surface area contributed by atoms with Crippen LogP contribution in [0.4, 0.5) is 9.52 Å². The maximum absolute atomic E-state index is 13.1. The molecule has 1 aromatic heterocycles. The predicted molar refractivity (Wildman–Crippen MR) is 99.2 cm³/mol. The van der Waals surface area contributed by atoms with Gasteiger partial charge < -0.3 is 4.74 Å². The van der Waals surface area contributed by atoms with Gasteiger partial charge in [0.15, 0.2) is 25.8 Å². The van der Waals surface area contributed by atoms with E-state index in [2.05, 4.69) is 15.4 Å². The van der Waals surface area contributed by atoms with E-state index in [1.807, 2.05) is 0 Å². The number of sulfone groups is 1. The largest absolute Gasteiger partial charge is 0.378 e. The van der Waals surface area contributed by atoms with Crippen LogP contribution >= 0.6 is 11.3 Å². The number of hydrazone groups is 1. The zero-order valence-electron chi connectivity index (χ0n) is 14.4. The van der Waals surface area contributed by atoms with Crippen LogP contribution in [-0.2, 0) is 19.4 Å². The number of hydrogen-bond donors (Lipinski definition) is 1. The van der Waals surface area contributed by atoms with Crippen LogP contribution in [-0.4, -0.2) is 62.6 Å². The van der Waals surface area contributed by atoms with Crippen molar-refractivity contribution in [1.82, 2.24) is 9.99 Å². The van der Waals surface area contributed by atoms with E-state index in [0.717, 1.165) is 12.5 Å². The SMILES string of the molecule is CS(=O)(=O)c1ccc(/C(=N\N2CCOCC2)C(=O)Nc2ncc(F)s2)cc1. The van der Waals surface area contributed by atoms with Crippen molar-refractivity contribution in [2.24, 2.45) is 5.10 Å². The van der Waals surface area contributed by atoms with Gasteiger partial charge >= 0.3 is 0 Å². The summed E-state index contributed by atoms with van der Waals surface area (Å²) in [5, 5.41) is 8.20. The zero-order valence-corrected chi connectivity index (χ0v) is 16.0. The maximum atomic E-state index is 13.1. The summed E-state index contributed by atoms with van der Waals surface area (Å²) in [6.07, 6.45) is 2.12. The van der Waals surface area contributed by atoms with E-state index in [0.29, 0.717) is 43.2 Å². The van der Waals surface area contributed by atoms with E-state index in [9.17, 15) is 17.6 Å². The minimum absolute atomic E-state index is 0.0764. The van der Waals surface area contributed by atoms with Gasteiger partial charge in [0.2, 0.25) is 0 Å². The lowest BCUT2D eigenvalue weighted by atomic mass is 10.1. The normalized spacial score (nSPS) is 15.6. The minimum Gasteiger partial charge on any atom is -0.378 e. The highest BCUT2D eigenvalue weighted by atomic mass is 32.2. The van der Waals surface area contributed by atoms with Gasteiger partial charge in [0.05, 0.1) is 37.4 Å². The number of carbonyl (C=O) groups is 1. The van der Waals surface area contributed by atoms with Crippen LogP contribution in [0, 0.1) is 5.13 Å². The molecule has 1 N–H and O–H groups in total. The summed E-state index contributed by atoms with van der Waals surface area (Å²) in [5.74, 6) is -0.567. The molecule has 0 unspecified atom stereocenters. The summed E-state index contributed by atoms with van der Waals surface area (Å²) < 4.78 is 41.7. The number of rotatable bonds is 5. The summed E-state index contributed by atoms with van der Waals surface area (Å²) in [4.78, 5) is 16.6. The number of anilines is 1. The summed E-state index contributed by atoms with van der Waals surface area (Å²) in [6, 6.07) is 5.85. The van der Waals surface area contributed by atoms with Crippen LogP contribution in [0.5, 0.6) is 0 Å². The quantitative estimate of drug-likeness (QED) is 0.745. The van der Waals surface area contributed by atoms with Crippen molar-refractivity contribution in [2.75, 3.05) is 37.9 Å². The molecule has 1 fully saturated rings. The van der Waals surface area contributed by atoms with Gasteiger partial charge in [-0.25, -0.2) is 13.4 Å². The van der Waals surface area contributed by atoms with Crippen LogP contribution < -0.4 is 5.32 Å². The van der Waals surface area contributed by atoms with Crippen LogP contribution in [0.2, 0.25) is 0 Å². The second-order valence-electron chi connectivity index (χ2n) is 5.73. The number of hydrogen-bond acceptors (Lipinski definition) is 8. The molecule has 1 amide bonds. The molecule has 1 aliphatic heterocycles. The molecule has 0 aliphatic carbocycles. The molecular formula is C16H17FN4O4S2. The summed E-state index contributed by atoms with van der Waals surface area (Å²) in [7, 11) is -3.36. The Morgan fingerprint density at radius 3 is 2.52 bits per heavy atom. The number of ether oxygens (including phenoxy) is 1. The van der Waals surface area contributed by atoms with Gasteiger partial charge in [-0.2, -0.15) is 9.49 Å². The first-order valence-electron chi connectivity index (χ1n) is 7.97. The highest BCUT2D eigenvalue weighted by Gasteiger charge is 2.20. The Kier molecular flexibility index (Phi) is 5.82. The fourth-order valence-electron chi connectivity index (χ4n) is 2.36. The lowest BCUT2D eigenvalue weighted by Gasteiger charge is -2.24. The number of morpholine rings is 1. The molecule has 1 saturated heterocycles. The monoisotopic (exact) mass is 412 g/mol. The summed E-state index contributed by atoms with van der Waals surface area (Å²) >= 11 is 0.703. The minimum atomic E-state index is -3.36. The van der Waals surface area contributed by atoms with Crippen LogP contribution in [0.25, 0.3) is 0 Å². The third-order valence-corrected chi connectivity index (χ3v) is 5.53. The highest BCUT2D eigenvalue weighted by molar-refractivity contribution is 7.90. The molecule has 2 heterocycles. The van der Waals surface area contributed by atoms with Crippen LogP contribution in [0.3, 0.4) is 0 Å². The number of amides is 1. The number of nitrogens with zero attached hydrogens (tertiary/aromatic N) is 3. The molecule has 27 heavy (non-hydrogen) atoms. The molecule has 2 aromatic rings. The lowest BCUT2D eigenvalue weighted by molar-refractivity contribution is -0.110. The second-order valence-corrected chi connectivity index (χ2v) is 8.73. The average molecular weight is 412 g/mol. The van der Waals surface area contributed by atoms with Gasteiger partial charge in [-0.15, -0.1) is 0 Å². The molecule has 1 aromatic carbocycles. The van der Waals surface area contributed by atoms with Crippen molar-refractivity contribution >= 4 is 37.9 Å². The van der Waals surface area contributed by atoms with Crippen LogP contribution in [0.1, 0.15) is 5.56 Å². The van der Waals surface area contributed by atoms with Gasteiger partial charge in [0, 0.05) is 11.8 Å². The molecule has 0 bridgehead atoms. The first-order valence-corrected chi connectivity index (χ1v) is 10.7. The van der Waals surface area contributed by atoms with Gasteiger partial charge in [-0.05, 0) is 12.1 Å². The standard InChI is InChI=1S/C16H17FN4O4S2/c1-27(23,24)12-4-2-11(3-5-12)14(20-21-6-8-25-9-7-21)15(22)19-16-18-10-13(17)26-16/h2-5,10H,6-9H2,1H3,(H,18,19,22)/b20-14+. The molecule has 0 saturated carbocycles. The fraction of sp³-hybridized carbons (Fsp3) is 0.312. The Morgan fingerprint density at radius 2 is 1.96 bits per heavy atom. The number of aromatic nitrogens is 1. The zero-order chi connectivity index (χ0) is 19.4. The first kappa shape index (κ1) is 19.4. The molecule has 3 rings (SSSR count). The predicted octanol–water partition coefficient (Wildman–Crippen LogP) is 1.36. The molecule has 8 nitrogen and oxygen atoms in total. The first-order chi connectivity index (χ1) is 12.8. The third-order valence-electron chi connectivity index (χ3n) is 3.70. The number of halogens is 1. The maximum Gasteiger partial charge on any atom is 0.278 e. The molecule has 144 valence electrons. The topological polar surface area (TPSA) is 101 Å². The number of benzene rings is 1. The molecule has 0 atom stereocenters. The van der Waals surface area contributed by atoms with Gasteiger partial charge in [0.25, 0.3) is 5.91 Å². The van der Waals surface area contributed by atoms with Crippen molar-refractivity contribution in [3.8, 4) is 0 Å². The van der Waals surface area contributed by atoms with E-state index in [-0.39, 0.29) is 15.7 Å². The van der Waals surface area contributed by atoms with Gasteiger partial charge in [-0.1, -0.05) is 23.5 Å². The Bertz CT molecular complexity index is 951. The Labute approximate surface area is 159 Å². The van der Waals surface area contributed by atoms with E-state index in [1.54, 1.807) is 5.01 Å². The van der Waals surface area contributed by atoms with E-state index >= 15 is 0 Å². The lowest BCUT2D eigenvalue weighted by Crippen LogP contribution is -2.35. The van der Waals surface area contributed by atoms with Crippen molar-refractivity contribution < 1.29 is 22.3 Å². The Morgan fingerprint density at radius 1 is 1.30 bits per heavy atom. The summed E-state index contributed by atoms with van der Waals surface area (Å²) in [6.45, 7) is 2.01. The van der Waals surface area contributed by atoms with Gasteiger partial charge in [0.1, 0.15) is 0 Å². The van der Waals surface area contributed by atoms with Crippen molar-refractivity contribution in [2.45, 2.75) is 4.90 Å². The average Bonchev–Trinajstić information content (AvgIpc) is 3.04. The summed E-state index contributed by atoms with van der Waals surface area (Å²) in [5.41, 5.74) is 0.510. The van der Waals surface area contributed by atoms with Crippen molar-refractivity contribution in [1.29, 1.82) is 0 Å². The van der Waals surface area contributed by atoms with Gasteiger partial charge in [-0.3, -0.25) is 15.1 Å². The molecule has 0 spiro atoms. The van der Waals surface area contributed by atoms with E-state index in [1.165, 1.54) is 24.3 Å². The Balaban J connectivity index is 1.91. The number of thiazole rings is 1. The molecule has 11 heteroatoms.